The maximum absolute atomic E-state index is 11.5. The first-order chi connectivity index (χ1) is 6.65. The van der Waals surface area contributed by atoms with Crippen LogP contribution in [0.1, 0.15) is 13.3 Å². The third-order valence-electron chi connectivity index (χ3n) is 2.54. The highest BCUT2D eigenvalue weighted by Gasteiger charge is 2.27. The second-order valence-corrected chi connectivity index (χ2v) is 3.65. The Morgan fingerprint density at radius 2 is 2.57 bits per heavy atom. The molecule has 1 rings (SSSR count). The molecule has 0 bridgehead atoms. The van der Waals surface area contributed by atoms with Crippen molar-refractivity contribution in [2.24, 2.45) is 0 Å². The summed E-state index contributed by atoms with van der Waals surface area (Å²) in [6, 6.07) is -0.160. The van der Waals surface area contributed by atoms with Crippen LogP contribution in [0.25, 0.3) is 0 Å². The number of likely N-dealkylation sites (tertiary alicyclic amines) is 1. The highest BCUT2D eigenvalue weighted by Crippen LogP contribution is 2.12. The third-order valence-corrected chi connectivity index (χ3v) is 2.54. The molecule has 1 unspecified atom stereocenters. The fourth-order valence-electron chi connectivity index (χ4n) is 1.61. The van der Waals surface area contributed by atoms with E-state index in [1.807, 2.05) is 11.8 Å². The zero-order valence-electron chi connectivity index (χ0n) is 8.57. The number of carbonyl (C=O) groups is 1. The first-order valence-electron chi connectivity index (χ1n) is 4.96. The molecule has 1 heterocycles. The summed E-state index contributed by atoms with van der Waals surface area (Å²) in [7, 11) is 0. The summed E-state index contributed by atoms with van der Waals surface area (Å²) < 4.78 is 0. The average Bonchev–Trinajstić information content (AvgIpc) is 2.60. The molecular weight excluding hydrogens is 180 g/mol. The lowest BCUT2D eigenvalue weighted by Gasteiger charge is -2.22. The minimum atomic E-state index is -0.273. The second kappa shape index (κ2) is 5.12. The molecule has 0 aromatic carbocycles. The lowest BCUT2D eigenvalue weighted by Crippen LogP contribution is -2.44. The molecule has 2 atom stereocenters. The summed E-state index contributed by atoms with van der Waals surface area (Å²) in [6.07, 6.45) is 2.15. The van der Waals surface area contributed by atoms with Gasteiger partial charge in [0.2, 0.25) is 5.91 Å². The first kappa shape index (κ1) is 11.2. The van der Waals surface area contributed by atoms with Gasteiger partial charge < -0.3 is 10.4 Å². The number of hydrogen-bond donors (Lipinski definition) is 2. The molecule has 4 nitrogen and oxygen atoms in total. The van der Waals surface area contributed by atoms with Crippen molar-refractivity contribution in [1.82, 2.24) is 10.2 Å². The van der Waals surface area contributed by atoms with E-state index in [0.29, 0.717) is 13.1 Å². The molecule has 1 saturated heterocycles. The Morgan fingerprint density at radius 3 is 3.07 bits per heavy atom. The maximum Gasteiger partial charge on any atom is 0.237 e. The fourth-order valence-corrected chi connectivity index (χ4v) is 1.61. The summed E-state index contributed by atoms with van der Waals surface area (Å²) in [6.45, 7) is 7.29. The predicted octanol–water partition coefficient (Wildman–Crippen LogP) is -0.256. The summed E-state index contributed by atoms with van der Waals surface area (Å²) in [5, 5.41) is 12.1. The number of amides is 1. The molecule has 2 N–H and O–H groups in total. The molecule has 0 radical (unpaired) electrons. The fraction of sp³-hybridized carbons (Fsp3) is 0.700. The van der Waals surface area contributed by atoms with Gasteiger partial charge in [-0.1, -0.05) is 6.08 Å². The lowest BCUT2D eigenvalue weighted by atomic mass is 10.3. The van der Waals surface area contributed by atoms with Gasteiger partial charge in [0.05, 0.1) is 12.1 Å². The Morgan fingerprint density at radius 1 is 1.86 bits per heavy atom. The highest BCUT2D eigenvalue weighted by molar-refractivity contribution is 5.81. The largest absolute Gasteiger partial charge is 0.392 e. The van der Waals surface area contributed by atoms with Crippen LogP contribution in [0, 0.1) is 0 Å². The van der Waals surface area contributed by atoms with Gasteiger partial charge in [-0.05, 0) is 13.3 Å². The molecule has 80 valence electrons. The number of rotatable bonds is 4. The van der Waals surface area contributed by atoms with Crippen LogP contribution >= 0.6 is 0 Å². The predicted molar refractivity (Wildman–Crippen MR) is 54.9 cm³/mol. The highest BCUT2D eigenvalue weighted by atomic mass is 16.3. The van der Waals surface area contributed by atoms with Gasteiger partial charge in [0.1, 0.15) is 0 Å². The summed E-state index contributed by atoms with van der Waals surface area (Å²) in [5.74, 6) is -0.000926. The van der Waals surface area contributed by atoms with Gasteiger partial charge in [0, 0.05) is 19.6 Å². The molecule has 1 amide bonds. The van der Waals surface area contributed by atoms with E-state index in [1.165, 1.54) is 0 Å². The zero-order chi connectivity index (χ0) is 10.6. The van der Waals surface area contributed by atoms with Crippen LogP contribution in [0.5, 0.6) is 0 Å². The number of aliphatic hydroxyl groups excluding tert-OH is 1. The van der Waals surface area contributed by atoms with Crippen molar-refractivity contribution >= 4 is 5.91 Å². The van der Waals surface area contributed by atoms with Gasteiger partial charge in [-0.2, -0.15) is 0 Å². The van der Waals surface area contributed by atoms with Crippen LogP contribution in [0.3, 0.4) is 0 Å². The molecule has 1 aliphatic rings. The lowest BCUT2D eigenvalue weighted by molar-refractivity contribution is -0.125. The number of nitrogens with zero attached hydrogens (tertiary/aromatic N) is 1. The van der Waals surface area contributed by atoms with Crippen molar-refractivity contribution in [1.29, 1.82) is 0 Å². The van der Waals surface area contributed by atoms with E-state index in [4.69, 9.17) is 0 Å². The standard InChI is InChI=1S/C10H18N2O2/c1-3-5-11-10(14)8(2)12-6-4-9(13)7-12/h3,8-9,13H,1,4-7H2,2H3,(H,11,14)/t8?,9-/m0/s1. The second-order valence-electron chi connectivity index (χ2n) is 3.65. The number of nitrogens with one attached hydrogen (secondary N) is 1. The van der Waals surface area contributed by atoms with E-state index < -0.39 is 0 Å². The van der Waals surface area contributed by atoms with E-state index >= 15 is 0 Å². The van der Waals surface area contributed by atoms with Gasteiger partial charge in [0.25, 0.3) is 0 Å². The van der Waals surface area contributed by atoms with E-state index in [1.54, 1.807) is 6.08 Å². The van der Waals surface area contributed by atoms with Crippen LogP contribution in [0.2, 0.25) is 0 Å². The molecule has 0 saturated carbocycles. The van der Waals surface area contributed by atoms with Crippen molar-refractivity contribution < 1.29 is 9.90 Å². The number of hydrogen-bond acceptors (Lipinski definition) is 3. The molecule has 0 spiro atoms. The van der Waals surface area contributed by atoms with Gasteiger partial charge in [-0.3, -0.25) is 9.69 Å². The summed E-state index contributed by atoms with van der Waals surface area (Å²) in [5.41, 5.74) is 0. The Labute approximate surface area is 84.6 Å². The van der Waals surface area contributed by atoms with Crippen LogP contribution in [-0.4, -0.2) is 47.7 Å². The van der Waals surface area contributed by atoms with Crippen LogP contribution in [0.4, 0.5) is 0 Å². The van der Waals surface area contributed by atoms with Gasteiger partial charge in [-0.25, -0.2) is 0 Å². The smallest absolute Gasteiger partial charge is 0.237 e. The number of carbonyl (C=O) groups excluding carboxylic acids is 1. The van der Waals surface area contributed by atoms with E-state index in [0.717, 1.165) is 13.0 Å². The van der Waals surface area contributed by atoms with Crippen LogP contribution in [-0.2, 0) is 4.79 Å². The number of aliphatic hydroxyl groups is 1. The minimum Gasteiger partial charge on any atom is -0.392 e. The minimum absolute atomic E-state index is 0.000926. The average molecular weight is 198 g/mol. The van der Waals surface area contributed by atoms with Crippen LogP contribution in [0.15, 0.2) is 12.7 Å². The van der Waals surface area contributed by atoms with Gasteiger partial charge >= 0.3 is 0 Å². The molecule has 14 heavy (non-hydrogen) atoms. The Kier molecular flexibility index (Phi) is 4.10. The van der Waals surface area contributed by atoms with Crippen molar-refractivity contribution in [2.45, 2.75) is 25.5 Å². The third kappa shape index (κ3) is 2.82. The summed E-state index contributed by atoms with van der Waals surface area (Å²) >= 11 is 0. The molecule has 0 aromatic heterocycles. The summed E-state index contributed by atoms with van der Waals surface area (Å²) in [4.78, 5) is 13.5. The van der Waals surface area contributed by atoms with Crippen molar-refractivity contribution in [2.75, 3.05) is 19.6 Å². The Bertz CT molecular complexity index is 218. The molecule has 0 aromatic rings. The van der Waals surface area contributed by atoms with Crippen molar-refractivity contribution in [3.63, 3.8) is 0 Å². The molecule has 4 heteroatoms. The van der Waals surface area contributed by atoms with Gasteiger partial charge in [0.15, 0.2) is 0 Å². The Hall–Kier alpha value is -0.870. The van der Waals surface area contributed by atoms with Gasteiger partial charge in [-0.15, -0.1) is 6.58 Å². The molecule has 1 aliphatic heterocycles. The molecule has 1 fully saturated rings. The maximum atomic E-state index is 11.5. The molecule has 0 aliphatic carbocycles. The quantitative estimate of drug-likeness (QED) is 0.612. The number of β-amino-alcohol motifs (C(OH)–C–C–N with tert-alkyl or cyclic N) is 1. The van der Waals surface area contributed by atoms with E-state index in [-0.39, 0.29) is 18.1 Å². The van der Waals surface area contributed by atoms with Crippen molar-refractivity contribution in [3.05, 3.63) is 12.7 Å². The van der Waals surface area contributed by atoms with E-state index in [2.05, 4.69) is 11.9 Å². The first-order valence-corrected chi connectivity index (χ1v) is 4.96. The zero-order valence-corrected chi connectivity index (χ0v) is 8.57. The topological polar surface area (TPSA) is 52.6 Å². The van der Waals surface area contributed by atoms with Crippen LogP contribution < -0.4 is 5.32 Å². The molecular formula is C10H18N2O2. The van der Waals surface area contributed by atoms with E-state index in [9.17, 15) is 9.90 Å². The normalized spacial score (nSPS) is 24.6. The SMILES string of the molecule is C=CCNC(=O)C(C)N1CC[C@H](O)C1. The van der Waals surface area contributed by atoms with Crippen molar-refractivity contribution in [3.8, 4) is 0 Å². The monoisotopic (exact) mass is 198 g/mol. The Balaban J connectivity index is 2.36.